The SMILES string of the molecule is Nc1nc2c(-c3c(Cl)cc4c(N5CCCC6(CCN(C(=O)n7cncn7)C6)C5)nc(OC[C@@]56CCCN5C[C@H](F)C6)nc4c3F)ccc(F)c2s1. The number of halogens is 4. The summed E-state index contributed by atoms with van der Waals surface area (Å²) in [5.74, 6) is -0.788. The monoisotopic (exact) mass is 738 g/mol. The number of carbonyl (C=O) groups excluding carboxylic acids is 1. The van der Waals surface area contributed by atoms with Gasteiger partial charge < -0.3 is 20.3 Å². The molecule has 12 nitrogen and oxygen atoms in total. The first kappa shape index (κ1) is 32.6. The second kappa shape index (κ2) is 12.2. The Hall–Kier alpha value is -4.28. The molecule has 4 saturated heterocycles. The summed E-state index contributed by atoms with van der Waals surface area (Å²) >= 11 is 7.87. The van der Waals surface area contributed by atoms with Gasteiger partial charge in [0.1, 0.15) is 42.6 Å². The van der Waals surface area contributed by atoms with Gasteiger partial charge in [-0.1, -0.05) is 22.9 Å². The van der Waals surface area contributed by atoms with Crippen molar-refractivity contribution < 1.29 is 22.7 Å². The normalized spacial score (nSPS) is 25.1. The molecule has 17 heteroatoms. The summed E-state index contributed by atoms with van der Waals surface area (Å²) in [4.78, 5) is 36.9. The standard InChI is InChI=1S/C34H34ClF3N10O2S/c35-22-11-21-26(25(38)24(22)20-3-4-23(37)28-27(20)42-30(39)51-28)43-31(50-16-34-6-2-9-47(34)13-19(36)12-34)44-29(21)45-8-1-5-33(14-45)7-10-46(15-33)32(49)48-18-40-17-41-48/h3-4,11,17-19H,1-2,5-10,12-16H2,(H2,39,42)/t19-,33?,34+/m1/s1. The lowest BCUT2D eigenvalue weighted by Crippen LogP contribution is -2.46. The van der Waals surface area contributed by atoms with E-state index in [2.05, 4.69) is 29.9 Å². The molecule has 1 spiro atoms. The highest BCUT2D eigenvalue weighted by Gasteiger charge is 2.49. The first-order chi connectivity index (χ1) is 24.6. The number of piperidine rings is 1. The van der Waals surface area contributed by atoms with Crippen molar-refractivity contribution in [2.75, 3.05) is 56.5 Å². The van der Waals surface area contributed by atoms with Crippen LogP contribution in [-0.4, -0.2) is 103 Å². The topological polar surface area (TPSA) is 131 Å². The van der Waals surface area contributed by atoms with Crippen molar-refractivity contribution in [3.63, 3.8) is 0 Å². The van der Waals surface area contributed by atoms with Crippen LogP contribution in [0.3, 0.4) is 0 Å². The summed E-state index contributed by atoms with van der Waals surface area (Å²) in [6.07, 6.45) is 6.36. The number of likely N-dealkylation sites (tertiary alicyclic amines) is 1. The van der Waals surface area contributed by atoms with E-state index in [4.69, 9.17) is 27.1 Å². The number of rotatable bonds is 5. The molecule has 1 unspecified atom stereocenters. The van der Waals surface area contributed by atoms with E-state index in [9.17, 15) is 13.6 Å². The fourth-order valence-corrected chi connectivity index (χ4v) is 9.88. The molecule has 9 rings (SSSR count). The van der Waals surface area contributed by atoms with Gasteiger partial charge in [0, 0.05) is 61.1 Å². The quantitative estimate of drug-likeness (QED) is 0.232. The van der Waals surface area contributed by atoms with Crippen LogP contribution < -0.4 is 15.4 Å². The summed E-state index contributed by atoms with van der Waals surface area (Å²) in [5, 5.41) is 4.62. The van der Waals surface area contributed by atoms with E-state index in [1.165, 1.54) is 29.5 Å². The minimum Gasteiger partial charge on any atom is -0.461 e. The summed E-state index contributed by atoms with van der Waals surface area (Å²) in [6.45, 7) is 3.60. The number of alkyl halides is 1. The Balaban J connectivity index is 1.12. The van der Waals surface area contributed by atoms with Gasteiger partial charge in [-0.15, -0.1) is 0 Å². The molecular weight excluding hydrogens is 705 g/mol. The molecule has 4 aliphatic rings. The number of hydrogen-bond donors (Lipinski definition) is 1. The number of nitrogens with zero attached hydrogens (tertiary/aromatic N) is 9. The van der Waals surface area contributed by atoms with Crippen molar-refractivity contribution in [2.45, 2.75) is 50.2 Å². The molecule has 4 aliphatic heterocycles. The zero-order valence-corrected chi connectivity index (χ0v) is 29.1. The van der Waals surface area contributed by atoms with Crippen LogP contribution in [-0.2, 0) is 0 Å². The second-order valence-corrected chi connectivity index (χ2v) is 15.7. The van der Waals surface area contributed by atoms with E-state index in [-0.39, 0.29) is 61.1 Å². The fourth-order valence-electron chi connectivity index (χ4n) is 8.83. The number of carbonyl (C=O) groups is 1. The van der Waals surface area contributed by atoms with Crippen molar-refractivity contribution in [1.82, 2.24) is 39.5 Å². The molecule has 0 saturated carbocycles. The maximum absolute atomic E-state index is 17.0. The maximum atomic E-state index is 17.0. The smallest absolute Gasteiger partial charge is 0.346 e. The average Bonchev–Trinajstić information content (AvgIpc) is 3.95. The van der Waals surface area contributed by atoms with Gasteiger partial charge in [-0.05, 0) is 56.8 Å². The Morgan fingerprint density at radius 3 is 2.78 bits per heavy atom. The highest BCUT2D eigenvalue weighted by Crippen LogP contribution is 2.46. The Morgan fingerprint density at radius 1 is 1.08 bits per heavy atom. The van der Waals surface area contributed by atoms with Crippen LogP contribution in [0.1, 0.15) is 38.5 Å². The third-order valence-electron chi connectivity index (χ3n) is 11.1. The predicted octanol–water partition coefficient (Wildman–Crippen LogP) is 5.93. The second-order valence-electron chi connectivity index (χ2n) is 14.3. The molecule has 1 amide bonds. The molecule has 5 aromatic rings. The van der Waals surface area contributed by atoms with Crippen LogP contribution in [0.2, 0.25) is 5.02 Å². The average molecular weight is 739 g/mol. The number of benzene rings is 2. The Kier molecular flexibility index (Phi) is 7.78. The van der Waals surface area contributed by atoms with Crippen LogP contribution in [0.5, 0.6) is 6.01 Å². The Bertz CT molecular complexity index is 2190. The van der Waals surface area contributed by atoms with Gasteiger partial charge in [0.05, 0.1) is 20.8 Å². The van der Waals surface area contributed by atoms with E-state index in [1.807, 2.05) is 0 Å². The van der Waals surface area contributed by atoms with E-state index in [1.54, 1.807) is 11.0 Å². The zero-order valence-electron chi connectivity index (χ0n) is 27.5. The van der Waals surface area contributed by atoms with Crippen LogP contribution >= 0.6 is 22.9 Å². The van der Waals surface area contributed by atoms with Crippen molar-refractivity contribution >= 4 is 61.0 Å². The first-order valence-electron chi connectivity index (χ1n) is 17.1. The largest absolute Gasteiger partial charge is 0.461 e. The molecular formula is C34H34ClF3N10O2S. The third kappa shape index (κ3) is 5.44. The number of thiazole rings is 1. The van der Waals surface area contributed by atoms with Gasteiger partial charge >= 0.3 is 12.0 Å². The Morgan fingerprint density at radius 2 is 1.94 bits per heavy atom. The van der Waals surface area contributed by atoms with E-state index in [0.29, 0.717) is 50.3 Å². The number of aromatic nitrogens is 6. The lowest BCUT2D eigenvalue weighted by molar-refractivity contribution is 0.107. The van der Waals surface area contributed by atoms with Crippen molar-refractivity contribution in [1.29, 1.82) is 0 Å². The van der Waals surface area contributed by atoms with Crippen molar-refractivity contribution in [3.8, 4) is 17.1 Å². The minimum absolute atomic E-state index is 0.0138. The van der Waals surface area contributed by atoms with E-state index >= 15 is 4.39 Å². The van der Waals surface area contributed by atoms with Gasteiger partial charge in [0.15, 0.2) is 10.9 Å². The number of amides is 1. The molecule has 266 valence electrons. The van der Waals surface area contributed by atoms with Gasteiger partial charge in [0.25, 0.3) is 0 Å². The third-order valence-corrected chi connectivity index (χ3v) is 12.3. The molecule has 0 aliphatic carbocycles. The Labute approximate surface area is 299 Å². The molecule has 2 aromatic carbocycles. The zero-order chi connectivity index (χ0) is 35.1. The summed E-state index contributed by atoms with van der Waals surface area (Å²) in [5.41, 5.74) is 5.73. The summed E-state index contributed by atoms with van der Waals surface area (Å²) < 4.78 is 54.1. The first-order valence-corrected chi connectivity index (χ1v) is 18.3. The van der Waals surface area contributed by atoms with E-state index < -0.39 is 23.3 Å². The van der Waals surface area contributed by atoms with Crippen LogP contribution in [0, 0.1) is 17.0 Å². The minimum atomic E-state index is -0.941. The van der Waals surface area contributed by atoms with E-state index in [0.717, 1.165) is 50.0 Å². The van der Waals surface area contributed by atoms with Crippen LogP contribution in [0.15, 0.2) is 30.9 Å². The molecule has 51 heavy (non-hydrogen) atoms. The molecule has 0 radical (unpaired) electrons. The number of nitrogen functional groups attached to an aromatic ring is 1. The van der Waals surface area contributed by atoms with Crippen LogP contribution in [0.25, 0.3) is 32.2 Å². The van der Waals surface area contributed by atoms with Gasteiger partial charge in [-0.3, -0.25) is 4.90 Å². The van der Waals surface area contributed by atoms with Gasteiger partial charge in [0.2, 0.25) is 0 Å². The summed E-state index contributed by atoms with van der Waals surface area (Å²) in [6, 6.07) is 4.06. The highest BCUT2D eigenvalue weighted by molar-refractivity contribution is 7.22. The van der Waals surface area contributed by atoms with Crippen LogP contribution in [0.4, 0.5) is 28.9 Å². The molecule has 0 bridgehead atoms. The molecule has 2 N–H and O–H groups in total. The number of nitrogens with two attached hydrogens (primary N) is 1. The number of fused-ring (bicyclic) bond motifs is 3. The van der Waals surface area contributed by atoms with Crippen molar-refractivity contribution in [2.24, 2.45) is 5.41 Å². The van der Waals surface area contributed by atoms with Gasteiger partial charge in [-0.2, -0.15) is 19.7 Å². The molecule has 3 atom stereocenters. The van der Waals surface area contributed by atoms with Gasteiger partial charge in [-0.25, -0.2) is 27.9 Å². The molecule has 4 fully saturated rings. The van der Waals surface area contributed by atoms with Crippen molar-refractivity contribution in [3.05, 3.63) is 47.5 Å². The summed E-state index contributed by atoms with van der Waals surface area (Å²) in [7, 11) is 0. The number of ether oxygens (including phenoxy) is 1. The lowest BCUT2D eigenvalue weighted by Gasteiger charge is -2.41. The highest BCUT2D eigenvalue weighted by atomic mass is 35.5. The maximum Gasteiger partial charge on any atom is 0.346 e. The number of hydrogen-bond acceptors (Lipinski definition) is 11. The predicted molar refractivity (Wildman–Crippen MR) is 187 cm³/mol. The molecule has 7 heterocycles. The molecule has 3 aromatic heterocycles. The number of anilines is 2. The fraction of sp³-hybridized carbons (Fsp3) is 0.471. The lowest BCUT2D eigenvalue weighted by atomic mass is 9.79.